The van der Waals surface area contributed by atoms with Gasteiger partial charge in [0.05, 0.1) is 22.0 Å². The number of piperazine rings is 1. The maximum atomic E-state index is 12.9. The summed E-state index contributed by atoms with van der Waals surface area (Å²) in [6.45, 7) is 5.22. The summed E-state index contributed by atoms with van der Waals surface area (Å²) in [7, 11) is -0.00807. The number of aromatic amines is 1. The molecule has 0 spiro atoms. The van der Waals surface area contributed by atoms with Crippen LogP contribution < -0.4 is 10.3 Å². The molecule has 0 bridgehead atoms. The van der Waals surface area contributed by atoms with Gasteiger partial charge in [-0.2, -0.15) is 0 Å². The number of allylic oxidation sites excluding steroid dienone is 1. The van der Waals surface area contributed by atoms with Crippen molar-refractivity contribution in [1.82, 2.24) is 24.1 Å². The fourth-order valence-corrected chi connectivity index (χ4v) is 6.19. The van der Waals surface area contributed by atoms with Crippen molar-refractivity contribution in [2.24, 2.45) is 0 Å². The van der Waals surface area contributed by atoms with Crippen LogP contribution in [0.5, 0.6) is 5.75 Å². The first-order chi connectivity index (χ1) is 19.7. The van der Waals surface area contributed by atoms with E-state index in [9.17, 15) is 13.2 Å². The first-order valence-electron chi connectivity index (χ1n) is 13.8. The first-order valence-corrected chi connectivity index (χ1v) is 15.8. The molecule has 5 rings (SSSR count). The molecule has 3 aromatic rings. The number of pyridine rings is 2. The van der Waals surface area contributed by atoms with Gasteiger partial charge >= 0.3 is 0 Å². The quantitative estimate of drug-likeness (QED) is 0.382. The summed E-state index contributed by atoms with van der Waals surface area (Å²) < 4.78 is 31.5. The van der Waals surface area contributed by atoms with Gasteiger partial charge < -0.3 is 9.72 Å². The Balaban J connectivity index is 1.21. The lowest BCUT2D eigenvalue weighted by molar-refractivity contribution is 0.132. The number of sulfonamides is 1. The Morgan fingerprint density at radius 1 is 1.05 bits per heavy atom. The minimum absolute atomic E-state index is 0.155. The van der Waals surface area contributed by atoms with Crippen molar-refractivity contribution in [1.29, 1.82) is 0 Å². The van der Waals surface area contributed by atoms with Gasteiger partial charge in [-0.3, -0.25) is 19.6 Å². The molecule has 218 valence electrons. The van der Waals surface area contributed by atoms with Crippen molar-refractivity contribution in [3.63, 3.8) is 0 Å². The number of H-pyrrole nitrogens is 1. The lowest BCUT2D eigenvalue weighted by atomic mass is 9.88. The number of hydrogen-bond acceptors (Lipinski definition) is 7. The molecule has 2 aliphatic rings. The SMILES string of the molecule is CN(C)S(=O)(=O)CCN1CCN(Cc2ccc3c(c2)CCC(c2c(OCc4ccc(Cl)cn4)cc[nH]c2=O)=C3)CC1. The number of rotatable bonds is 10. The highest BCUT2D eigenvalue weighted by Crippen LogP contribution is 2.34. The second-order valence-corrected chi connectivity index (χ2v) is 13.5. The second-order valence-electron chi connectivity index (χ2n) is 10.7. The van der Waals surface area contributed by atoms with Gasteiger partial charge in [-0.15, -0.1) is 0 Å². The largest absolute Gasteiger partial charge is 0.486 e. The van der Waals surface area contributed by atoms with E-state index in [1.54, 1.807) is 38.6 Å². The zero-order chi connectivity index (χ0) is 29.0. The molecule has 11 heteroatoms. The van der Waals surface area contributed by atoms with Gasteiger partial charge in [-0.25, -0.2) is 12.7 Å². The third-order valence-corrected chi connectivity index (χ3v) is 9.74. The first kappa shape index (κ1) is 29.5. The van der Waals surface area contributed by atoms with Crippen molar-refractivity contribution in [2.75, 3.05) is 52.6 Å². The molecule has 0 radical (unpaired) electrons. The number of halogens is 1. The fraction of sp³-hybridized carbons (Fsp3) is 0.400. The van der Waals surface area contributed by atoms with E-state index < -0.39 is 10.0 Å². The minimum atomic E-state index is -3.17. The van der Waals surface area contributed by atoms with Gasteiger partial charge in [0.2, 0.25) is 10.0 Å². The average molecular weight is 598 g/mol. The number of aromatic nitrogens is 2. The molecule has 0 amide bonds. The van der Waals surface area contributed by atoms with Crippen molar-refractivity contribution in [3.8, 4) is 5.75 Å². The fourth-order valence-electron chi connectivity index (χ4n) is 5.23. The van der Waals surface area contributed by atoms with Gasteiger partial charge in [-0.1, -0.05) is 35.9 Å². The van der Waals surface area contributed by atoms with Gasteiger partial charge in [0.25, 0.3) is 5.56 Å². The number of nitrogens with one attached hydrogen (secondary N) is 1. The second kappa shape index (κ2) is 12.9. The number of hydrogen-bond donors (Lipinski definition) is 1. The van der Waals surface area contributed by atoms with Crippen LogP contribution in [0.4, 0.5) is 0 Å². The standard InChI is InChI=1S/C30H36ClN5O4S/c1-34(2)41(38,39)16-15-35-11-13-36(14-12-35)20-22-3-4-24-18-25(6-5-23(24)17-22)29-28(9-10-32-30(29)37)40-21-27-8-7-26(31)19-33-27/h3-4,7-10,17-19H,5-6,11-16,20-21H2,1-2H3,(H,32,37). The Hall–Kier alpha value is -3.02. The van der Waals surface area contributed by atoms with E-state index in [1.807, 2.05) is 6.07 Å². The van der Waals surface area contributed by atoms with Gasteiger partial charge in [-0.05, 0) is 53.3 Å². The number of ether oxygens (including phenoxy) is 1. The van der Waals surface area contributed by atoms with E-state index >= 15 is 0 Å². The lowest BCUT2D eigenvalue weighted by Crippen LogP contribution is -2.47. The zero-order valence-electron chi connectivity index (χ0n) is 23.5. The molecule has 3 heterocycles. The predicted molar refractivity (Wildman–Crippen MR) is 162 cm³/mol. The average Bonchev–Trinajstić information content (AvgIpc) is 2.96. The highest BCUT2D eigenvalue weighted by Gasteiger charge is 2.22. The molecule has 1 aliphatic heterocycles. The highest BCUT2D eigenvalue weighted by atomic mass is 35.5. The van der Waals surface area contributed by atoms with Crippen LogP contribution >= 0.6 is 11.6 Å². The number of fused-ring (bicyclic) bond motifs is 1. The molecule has 9 nitrogen and oxygen atoms in total. The van der Waals surface area contributed by atoms with Crippen LogP contribution in [-0.4, -0.2) is 85.1 Å². The number of benzene rings is 1. The normalized spacial score (nSPS) is 16.4. The van der Waals surface area contributed by atoms with E-state index in [1.165, 1.54) is 15.4 Å². The maximum Gasteiger partial charge on any atom is 0.259 e. The van der Waals surface area contributed by atoms with Gasteiger partial charge in [0.1, 0.15) is 12.4 Å². The smallest absolute Gasteiger partial charge is 0.259 e. The molecular weight excluding hydrogens is 562 g/mol. The van der Waals surface area contributed by atoms with Crippen LogP contribution in [0.1, 0.15) is 34.4 Å². The van der Waals surface area contributed by atoms with E-state index in [4.69, 9.17) is 16.3 Å². The summed E-state index contributed by atoms with van der Waals surface area (Å²) in [6.07, 6.45) is 6.87. The topological polar surface area (TPSA) is 98.8 Å². The van der Waals surface area contributed by atoms with E-state index in [0.29, 0.717) is 22.9 Å². The predicted octanol–water partition coefficient (Wildman–Crippen LogP) is 3.50. The van der Waals surface area contributed by atoms with Gasteiger partial charge in [0.15, 0.2) is 0 Å². The number of nitrogens with zero attached hydrogens (tertiary/aromatic N) is 4. The summed E-state index contributed by atoms with van der Waals surface area (Å²) >= 11 is 5.93. The monoisotopic (exact) mass is 597 g/mol. The van der Waals surface area contributed by atoms with Crippen LogP contribution in [0.15, 0.2) is 53.6 Å². The Labute approximate surface area is 246 Å². The van der Waals surface area contributed by atoms with Crippen molar-refractivity contribution in [3.05, 3.63) is 92.1 Å². The lowest BCUT2D eigenvalue weighted by Gasteiger charge is -2.35. The molecule has 1 aromatic carbocycles. The Morgan fingerprint density at radius 2 is 1.83 bits per heavy atom. The molecule has 2 aromatic heterocycles. The molecule has 1 fully saturated rings. The van der Waals surface area contributed by atoms with Crippen molar-refractivity contribution < 1.29 is 13.2 Å². The van der Waals surface area contributed by atoms with Gasteiger partial charge in [0, 0.05) is 65.8 Å². The minimum Gasteiger partial charge on any atom is -0.486 e. The summed E-state index contributed by atoms with van der Waals surface area (Å²) in [4.78, 5) is 24.6. The third kappa shape index (κ3) is 7.44. The molecule has 0 unspecified atom stereocenters. The molecule has 1 aliphatic carbocycles. The summed E-state index contributed by atoms with van der Waals surface area (Å²) in [5.74, 6) is 0.692. The van der Waals surface area contributed by atoms with Crippen LogP contribution in [0.3, 0.4) is 0 Å². The molecule has 0 atom stereocenters. The molecule has 1 N–H and O–H groups in total. The van der Waals surface area contributed by atoms with E-state index in [2.05, 4.69) is 44.0 Å². The highest BCUT2D eigenvalue weighted by molar-refractivity contribution is 7.89. The Kier molecular flexibility index (Phi) is 9.25. The molecule has 0 saturated carbocycles. The zero-order valence-corrected chi connectivity index (χ0v) is 25.0. The van der Waals surface area contributed by atoms with E-state index in [-0.39, 0.29) is 17.9 Å². The van der Waals surface area contributed by atoms with Crippen molar-refractivity contribution in [2.45, 2.75) is 26.0 Å². The van der Waals surface area contributed by atoms with Crippen LogP contribution in [0.2, 0.25) is 5.02 Å². The molecular formula is C30H36ClN5O4S. The van der Waals surface area contributed by atoms with Crippen LogP contribution in [-0.2, 0) is 29.6 Å². The summed E-state index contributed by atoms with van der Waals surface area (Å²) in [6, 6.07) is 11.9. The molecule has 1 saturated heterocycles. The van der Waals surface area contributed by atoms with Crippen LogP contribution in [0, 0.1) is 0 Å². The third-order valence-electron chi connectivity index (χ3n) is 7.70. The van der Waals surface area contributed by atoms with Crippen molar-refractivity contribution >= 4 is 33.3 Å². The van der Waals surface area contributed by atoms with E-state index in [0.717, 1.165) is 62.4 Å². The molecule has 41 heavy (non-hydrogen) atoms. The Morgan fingerprint density at radius 3 is 2.56 bits per heavy atom. The summed E-state index contributed by atoms with van der Waals surface area (Å²) in [5, 5.41) is 0.563. The van der Waals surface area contributed by atoms with Crippen LogP contribution in [0.25, 0.3) is 11.6 Å². The Bertz CT molecular complexity index is 1560. The summed E-state index contributed by atoms with van der Waals surface area (Å²) in [5.41, 5.74) is 5.74. The number of aryl methyl sites for hydroxylation is 1. The maximum absolute atomic E-state index is 12.9.